The van der Waals surface area contributed by atoms with Crippen LogP contribution in [0.5, 0.6) is 0 Å². The van der Waals surface area contributed by atoms with Crippen LogP contribution in [0.25, 0.3) is 0 Å². The molecular weight excluding hydrogens is 385 g/mol. The molecule has 0 N–H and O–H groups in total. The number of carbonyl (C=O) groups excluding carboxylic acids is 1. The predicted molar refractivity (Wildman–Crippen MR) is 103 cm³/mol. The van der Waals surface area contributed by atoms with Gasteiger partial charge in [-0.2, -0.15) is 0 Å². The summed E-state index contributed by atoms with van der Waals surface area (Å²) in [5.41, 5.74) is 0.543. The largest absolute Gasteiger partial charge is 0.468 e. The highest BCUT2D eigenvalue weighted by Crippen LogP contribution is 2.37. The van der Waals surface area contributed by atoms with E-state index in [-0.39, 0.29) is 12.0 Å². The second-order valence-corrected chi connectivity index (χ2v) is 8.09. The van der Waals surface area contributed by atoms with Crippen LogP contribution in [-0.2, 0) is 9.53 Å². The average Bonchev–Trinajstić information content (AvgIpc) is 2.56. The van der Waals surface area contributed by atoms with E-state index >= 15 is 0 Å². The monoisotopic (exact) mass is 411 g/mol. The molecule has 1 aliphatic carbocycles. The van der Waals surface area contributed by atoms with Crippen LogP contribution in [-0.4, -0.2) is 30.5 Å². The van der Waals surface area contributed by atoms with Crippen molar-refractivity contribution < 1.29 is 13.9 Å². The van der Waals surface area contributed by atoms with E-state index in [9.17, 15) is 9.18 Å². The molecule has 1 aromatic rings. The molecule has 0 bridgehead atoms. The molecule has 1 aromatic carbocycles. The van der Waals surface area contributed by atoms with Crippen LogP contribution >= 0.6 is 15.9 Å². The fourth-order valence-electron chi connectivity index (χ4n) is 3.58. The topological polar surface area (TPSA) is 38.7 Å². The van der Waals surface area contributed by atoms with Crippen LogP contribution in [0, 0.1) is 5.92 Å². The second-order valence-electron chi connectivity index (χ2n) is 7.24. The zero-order chi connectivity index (χ0) is 18.6. The number of hydrogen-bond acceptors (Lipinski definition) is 3. The smallest absolute Gasteiger partial charge is 0.318 e. The summed E-state index contributed by atoms with van der Waals surface area (Å²) < 4.78 is 19.9. The van der Waals surface area contributed by atoms with Gasteiger partial charge in [-0.05, 0) is 64.0 Å². The molecule has 1 saturated carbocycles. The van der Waals surface area contributed by atoms with Gasteiger partial charge in [0.15, 0.2) is 0 Å². The van der Waals surface area contributed by atoms with Crippen LogP contribution in [0.15, 0.2) is 33.7 Å². The first kappa shape index (κ1) is 20.1. The van der Waals surface area contributed by atoms with E-state index in [4.69, 9.17) is 9.73 Å². The van der Waals surface area contributed by atoms with Gasteiger partial charge in [0.25, 0.3) is 0 Å². The van der Waals surface area contributed by atoms with E-state index in [0.29, 0.717) is 18.8 Å². The molecule has 25 heavy (non-hydrogen) atoms. The Bertz CT molecular complexity index is 634. The molecule has 2 rings (SSSR count). The Morgan fingerprint density at radius 3 is 2.52 bits per heavy atom. The van der Waals surface area contributed by atoms with Crippen molar-refractivity contribution >= 4 is 27.6 Å². The van der Waals surface area contributed by atoms with Gasteiger partial charge in [-0.3, -0.25) is 9.79 Å². The number of hydrogen-bond donors (Lipinski definition) is 0. The molecule has 0 amide bonds. The minimum Gasteiger partial charge on any atom is -0.468 e. The number of benzene rings is 1. The molecule has 0 aromatic heterocycles. The minimum atomic E-state index is -1.04. The number of rotatable bonds is 5. The molecule has 3 nitrogen and oxygen atoms in total. The van der Waals surface area contributed by atoms with Gasteiger partial charge in [0.1, 0.15) is 11.6 Å². The molecule has 138 valence electrons. The molecular formula is C20H27BrFNO2. The van der Waals surface area contributed by atoms with Crippen molar-refractivity contribution in [3.05, 3.63) is 34.3 Å². The lowest BCUT2D eigenvalue weighted by Gasteiger charge is -2.33. The van der Waals surface area contributed by atoms with Crippen molar-refractivity contribution in [2.75, 3.05) is 7.11 Å². The van der Waals surface area contributed by atoms with Gasteiger partial charge in [0, 0.05) is 16.2 Å². The number of halogens is 2. The summed E-state index contributed by atoms with van der Waals surface area (Å²) in [6.45, 7) is 5.62. The van der Waals surface area contributed by atoms with E-state index in [1.165, 1.54) is 7.11 Å². The Labute approximate surface area is 158 Å². The number of aliphatic imine (C=N–C) groups is 1. The van der Waals surface area contributed by atoms with Crippen molar-refractivity contribution in [1.82, 2.24) is 0 Å². The van der Waals surface area contributed by atoms with Crippen molar-refractivity contribution in [3.8, 4) is 0 Å². The Hall–Kier alpha value is -1.23. The SMILES string of the molecule is COC(=O)C(C(C)=NC(C)C1CCC(C)(F)CC1)c1ccccc1Br. The van der Waals surface area contributed by atoms with Gasteiger partial charge in [0.05, 0.1) is 7.11 Å². The van der Waals surface area contributed by atoms with Crippen LogP contribution in [0.3, 0.4) is 0 Å². The maximum Gasteiger partial charge on any atom is 0.318 e. The van der Waals surface area contributed by atoms with E-state index in [1.54, 1.807) is 6.92 Å². The quantitative estimate of drug-likeness (QED) is 0.475. The predicted octanol–water partition coefficient (Wildman–Crippen LogP) is 5.47. The second kappa shape index (κ2) is 8.43. The minimum absolute atomic E-state index is 0.0609. The molecule has 0 spiro atoms. The van der Waals surface area contributed by atoms with E-state index in [2.05, 4.69) is 22.9 Å². The number of esters is 1. The van der Waals surface area contributed by atoms with Crippen molar-refractivity contribution in [2.24, 2.45) is 10.9 Å². The number of ether oxygens (including phenoxy) is 1. The van der Waals surface area contributed by atoms with Gasteiger partial charge in [-0.15, -0.1) is 0 Å². The molecule has 0 heterocycles. The Kier molecular flexibility index (Phi) is 6.78. The average molecular weight is 412 g/mol. The molecule has 2 atom stereocenters. The van der Waals surface area contributed by atoms with Gasteiger partial charge < -0.3 is 4.74 Å². The number of nitrogens with zero attached hydrogens (tertiary/aromatic N) is 1. The number of carbonyl (C=O) groups is 1. The Morgan fingerprint density at radius 1 is 1.36 bits per heavy atom. The first-order valence-corrected chi connectivity index (χ1v) is 9.60. The summed E-state index contributed by atoms with van der Waals surface area (Å²) in [7, 11) is 1.39. The maximum absolute atomic E-state index is 14.0. The van der Waals surface area contributed by atoms with Crippen molar-refractivity contribution in [3.63, 3.8) is 0 Å². The van der Waals surface area contributed by atoms with Crippen LogP contribution in [0.1, 0.15) is 57.9 Å². The lowest BCUT2D eigenvalue weighted by Crippen LogP contribution is -2.31. The van der Waals surface area contributed by atoms with Crippen molar-refractivity contribution in [2.45, 2.75) is 64.1 Å². The van der Waals surface area contributed by atoms with Crippen LogP contribution in [0.2, 0.25) is 0 Å². The van der Waals surface area contributed by atoms with Crippen LogP contribution in [0.4, 0.5) is 4.39 Å². The van der Waals surface area contributed by atoms with E-state index in [0.717, 1.165) is 28.6 Å². The summed E-state index contributed by atoms with van der Waals surface area (Å²) >= 11 is 3.51. The highest BCUT2D eigenvalue weighted by molar-refractivity contribution is 9.10. The summed E-state index contributed by atoms with van der Waals surface area (Å²) in [4.78, 5) is 17.2. The Balaban J connectivity index is 2.21. The zero-order valence-corrected chi connectivity index (χ0v) is 17.0. The van der Waals surface area contributed by atoms with Crippen LogP contribution < -0.4 is 0 Å². The third-order valence-electron chi connectivity index (χ3n) is 5.23. The molecule has 2 unspecified atom stereocenters. The lowest BCUT2D eigenvalue weighted by atomic mass is 9.78. The van der Waals surface area contributed by atoms with Gasteiger partial charge in [-0.1, -0.05) is 34.1 Å². The molecule has 1 fully saturated rings. The lowest BCUT2D eigenvalue weighted by molar-refractivity contribution is -0.140. The third-order valence-corrected chi connectivity index (χ3v) is 5.96. The third kappa shape index (κ3) is 5.13. The molecule has 0 aliphatic heterocycles. The Morgan fingerprint density at radius 2 is 1.96 bits per heavy atom. The number of methoxy groups -OCH3 is 1. The highest BCUT2D eigenvalue weighted by Gasteiger charge is 2.33. The molecule has 1 aliphatic rings. The maximum atomic E-state index is 14.0. The summed E-state index contributed by atoms with van der Waals surface area (Å²) in [5.74, 6) is -0.491. The fourth-order valence-corrected chi connectivity index (χ4v) is 4.09. The van der Waals surface area contributed by atoms with E-state index in [1.807, 2.05) is 31.2 Å². The van der Waals surface area contributed by atoms with Crippen molar-refractivity contribution in [1.29, 1.82) is 0 Å². The van der Waals surface area contributed by atoms with Gasteiger partial charge >= 0.3 is 5.97 Å². The standard InChI is InChI=1S/C20H27BrFNO2/c1-13(15-9-11-20(3,22)12-10-15)23-14(2)18(19(24)25-4)16-7-5-6-8-17(16)21/h5-8,13,15,18H,9-12H2,1-4H3. The normalized spacial score (nSPS) is 26.8. The van der Waals surface area contributed by atoms with Gasteiger partial charge in [-0.25, -0.2) is 4.39 Å². The molecule has 0 radical (unpaired) electrons. The van der Waals surface area contributed by atoms with E-state index < -0.39 is 11.6 Å². The summed E-state index contributed by atoms with van der Waals surface area (Å²) in [5, 5.41) is 0. The number of alkyl halides is 1. The van der Waals surface area contributed by atoms with Gasteiger partial charge in [0.2, 0.25) is 0 Å². The summed E-state index contributed by atoms with van der Waals surface area (Å²) in [6.07, 6.45) is 2.84. The molecule has 5 heteroatoms. The fraction of sp³-hybridized carbons (Fsp3) is 0.600. The first-order valence-electron chi connectivity index (χ1n) is 8.80. The molecule has 0 saturated heterocycles. The first-order chi connectivity index (χ1) is 11.7. The summed E-state index contributed by atoms with van der Waals surface area (Å²) in [6, 6.07) is 7.68. The zero-order valence-electron chi connectivity index (χ0n) is 15.4. The highest BCUT2D eigenvalue weighted by atomic mass is 79.9.